The van der Waals surface area contributed by atoms with Crippen LogP contribution < -0.4 is 0 Å². The Kier molecular flexibility index (Phi) is 6.78. The maximum atomic E-state index is 8.40. The normalized spacial score (nSPS) is 10.8. The van der Waals surface area contributed by atoms with Gasteiger partial charge in [0.2, 0.25) is 0 Å². The predicted octanol–water partition coefficient (Wildman–Crippen LogP) is -1.23. The third kappa shape index (κ3) is 4.66. The molecule has 0 rings (SSSR count). The van der Waals surface area contributed by atoms with Crippen LogP contribution >= 0.6 is 0 Å². The van der Waals surface area contributed by atoms with Gasteiger partial charge in [-0.3, -0.25) is 9.68 Å². The lowest BCUT2D eigenvalue weighted by molar-refractivity contribution is -0.359. The molecule has 0 saturated heterocycles. The van der Waals surface area contributed by atoms with Crippen molar-refractivity contribution in [2.75, 3.05) is 33.5 Å². The van der Waals surface area contributed by atoms with Gasteiger partial charge >= 0.3 is 0 Å². The summed E-state index contributed by atoms with van der Waals surface area (Å²) >= 11 is 0. The van der Waals surface area contributed by atoms with E-state index < -0.39 is 0 Å². The summed E-state index contributed by atoms with van der Waals surface area (Å²) in [6.45, 7) is 0.342. The minimum absolute atomic E-state index is 0.0424. The molecule has 0 fully saturated rings. The Morgan fingerprint density at radius 2 is 2.00 bits per heavy atom. The number of hydroxylamine groups is 2. The average molecular weight is 151 g/mol. The summed E-state index contributed by atoms with van der Waals surface area (Å²) in [6.07, 6.45) is 0. The standard InChI is InChI=1S/C5H13NO4/c1-9-6(2-3-7)10-5-4-8/h7-8H,2-5H2,1H3. The Labute approximate surface area is 59.7 Å². The first-order valence-corrected chi connectivity index (χ1v) is 3.01. The van der Waals surface area contributed by atoms with E-state index in [9.17, 15) is 0 Å². The maximum absolute atomic E-state index is 8.40. The molecule has 0 aromatic carbocycles. The Morgan fingerprint density at radius 1 is 1.30 bits per heavy atom. The van der Waals surface area contributed by atoms with Crippen LogP contribution in [0, 0.1) is 0 Å². The minimum atomic E-state index is -0.0642. The highest BCUT2D eigenvalue weighted by atomic mass is 16.9. The fourth-order valence-electron chi connectivity index (χ4n) is 0.433. The van der Waals surface area contributed by atoms with Crippen LogP contribution in [0.2, 0.25) is 0 Å². The third-order valence-electron chi connectivity index (χ3n) is 0.813. The van der Waals surface area contributed by atoms with Crippen molar-refractivity contribution in [2.45, 2.75) is 0 Å². The molecule has 0 aromatic heterocycles. The van der Waals surface area contributed by atoms with Crippen molar-refractivity contribution in [3.8, 4) is 0 Å². The van der Waals surface area contributed by atoms with Gasteiger partial charge in [-0.15, -0.1) is 0 Å². The summed E-state index contributed by atoms with van der Waals surface area (Å²) in [6, 6.07) is 0. The molecule has 0 atom stereocenters. The van der Waals surface area contributed by atoms with E-state index in [2.05, 4.69) is 4.84 Å². The van der Waals surface area contributed by atoms with Crippen LogP contribution in [0.3, 0.4) is 0 Å². The van der Waals surface area contributed by atoms with Crippen LogP contribution in [0.1, 0.15) is 0 Å². The molecule has 0 heterocycles. The van der Waals surface area contributed by atoms with Gasteiger partial charge in [0.1, 0.15) is 0 Å². The first kappa shape index (κ1) is 9.80. The van der Waals surface area contributed by atoms with Crippen LogP contribution in [0.4, 0.5) is 0 Å². The summed E-state index contributed by atoms with van der Waals surface area (Å²) in [4.78, 5) is 9.41. The van der Waals surface area contributed by atoms with Gasteiger partial charge in [-0.1, -0.05) is 5.23 Å². The van der Waals surface area contributed by atoms with E-state index in [-0.39, 0.29) is 26.4 Å². The number of aliphatic hydroxyl groups excluding tert-OH is 2. The van der Waals surface area contributed by atoms with Crippen molar-refractivity contribution in [2.24, 2.45) is 0 Å². The van der Waals surface area contributed by atoms with Crippen LogP contribution in [0.25, 0.3) is 0 Å². The van der Waals surface area contributed by atoms with Crippen molar-refractivity contribution in [1.29, 1.82) is 0 Å². The molecule has 0 aliphatic heterocycles. The monoisotopic (exact) mass is 151 g/mol. The smallest absolute Gasteiger partial charge is 0.0942 e. The average Bonchev–Trinajstić information content (AvgIpc) is 1.98. The first-order chi connectivity index (χ1) is 4.85. The molecule has 10 heavy (non-hydrogen) atoms. The second-order valence-corrected chi connectivity index (χ2v) is 1.52. The molecule has 0 aliphatic rings. The number of nitrogens with zero attached hydrogens (tertiary/aromatic N) is 1. The third-order valence-corrected chi connectivity index (χ3v) is 0.813. The summed E-state index contributed by atoms with van der Waals surface area (Å²) in [7, 11) is 1.42. The number of hydrogen-bond acceptors (Lipinski definition) is 5. The van der Waals surface area contributed by atoms with Crippen LogP contribution in [0.5, 0.6) is 0 Å². The second-order valence-electron chi connectivity index (χ2n) is 1.52. The maximum Gasteiger partial charge on any atom is 0.0942 e. The molecule has 0 aliphatic carbocycles. The zero-order valence-corrected chi connectivity index (χ0v) is 5.99. The number of rotatable bonds is 6. The van der Waals surface area contributed by atoms with Crippen molar-refractivity contribution in [3.05, 3.63) is 0 Å². The molecular weight excluding hydrogens is 138 g/mol. The summed E-state index contributed by atoms with van der Waals surface area (Å²) in [5, 5.41) is 17.8. The quantitative estimate of drug-likeness (QED) is 0.465. The van der Waals surface area contributed by atoms with Gasteiger partial charge in [0.15, 0.2) is 0 Å². The van der Waals surface area contributed by atoms with E-state index in [0.717, 1.165) is 5.23 Å². The Bertz CT molecular complexity index is 70.7. The van der Waals surface area contributed by atoms with Crippen molar-refractivity contribution in [1.82, 2.24) is 5.23 Å². The van der Waals surface area contributed by atoms with Gasteiger partial charge in [0.25, 0.3) is 0 Å². The molecule has 0 unspecified atom stereocenters. The predicted molar refractivity (Wildman–Crippen MR) is 33.8 cm³/mol. The summed E-state index contributed by atoms with van der Waals surface area (Å²) < 4.78 is 0. The molecule has 0 spiro atoms. The van der Waals surface area contributed by atoms with E-state index in [1.165, 1.54) is 7.11 Å². The lowest BCUT2D eigenvalue weighted by Gasteiger charge is -2.16. The molecule has 5 heteroatoms. The van der Waals surface area contributed by atoms with E-state index in [4.69, 9.17) is 15.1 Å². The SMILES string of the molecule is CON(CCO)OCCO. The zero-order valence-electron chi connectivity index (χ0n) is 5.99. The minimum Gasteiger partial charge on any atom is -0.395 e. The molecule has 2 N–H and O–H groups in total. The van der Waals surface area contributed by atoms with Gasteiger partial charge in [-0.05, 0) is 0 Å². The lowest BCUT2D eigenvalue weighted by Crippen LogP contribution is -2.27. The fourth-order valence-corrected chi connectivity index (χ4v) is 0.433. The van der Waals surface area contributed by atoms with Gasteiger partial charge in [-0.2, -0.15) is 0 Å². The van der Waals surface area contributed by atoms with E-state index in [1.54, 1.807) is 0 Å². The van der Waals surface area contributed by atoms with Gasteiger partial charge in [0.05, 0.1) is 33.5 Å². The Hall–Kier alpha value is -0.200. The highest BCUT2D eigenvalue weighted by Gasteiger charge is 2.00. The molecule has 62 valence electrons. The van der Waals surface area contributed by atoms with Gasteiger partial charge in [0, 0.05) is 0 Å². The van der Waals surface area contributed by atoms with E-state index in [0.29, 0.717) is 0 Å². The number of hydrogen-bond donors (Lipinski definition) is 2. The first-order valence-electron chi connectivity index (χ1n) is 3.01. The molecule has 0 saturated carbocycles. The number of aliphatic hydroxyl groups is 2. The molecular formula is C5H13NO4. The topological polar surface area (TPSA) is 62.2 Å². The van der Waals surface area contributed by atoms with Gasteiger partial charge in [-0.25, -0.2) is 0 Å². The highest BCUT2D eigenvalue weighted by molar-refractivity contribution is 4.27. The molecule has 0 aromatic rings. The van der Waals surface area contributed by atoms with Crippen molar-refractivity contribution in [3.63, 3.8) is 0 Å². The Balaban J connectivity index is 3.21. The van der Waals surface area contributed by atoms with Crippen LogP contribution in [-0.2, 0) is 9.68 Å². The fraction of sp³-hybridized carbons (Fsp3) is 1.00. The molecule has 0 radical (unpaired) electrons. The highest BCUT2D eigenvalue weighted by Crippen LogP contribution is 1.87. The molecule has 5 nitrogen and oxygen atoms in total. The largest absolute Gasteiger partial charge is 0.395 e. The molecule has 0 amide bonds. The second kappa shape index (κ2) is 6.91. The van der Waals surface area contributed by atoms with Crippen molar-refractivity contribution < 1.29 is 19.9 Å². The van der Waals surface area contributed by atoms with Crippen LogP contribution in [0.15, 0.2) is 0 Å². The molecule has 0 bridgehead atoms. The van der Waals surface area contributed by atoms with E-state index in [1.807, 2.05) is 0 Å². The van der Waals surface area contributed by atoms with Gasteiger partial charge < -0.3 is 10.2 Å². The van der Waals surface area contributed by atoms with Crippen molar-refractivity contribution >= 4 is 0 Å². The summed E-state index contributed by atoms with van der Waals surface area (Å²) in [5.41, 5.74) is 0. The zero-order chi connectivity index (χ0) is 7.82. The summed E-state index contributed by atoms with van der Waals surface area (Å²) in [5.74, 6) is 0. The van der Waals surface area contributed by atoms with E-state index >= 15 is 0 Å². The lowest BCUT2D eigenvalue weighted by atomic mass is 10.7. The Morgan fingerprint density at radius 3 is 2.40 bits per heavy atom. The van der Waals surface area contributed by atoms with Crippen LogP contribution in [-0.4, -0.2) is 48.9 Å².